The average Bonchev–Trinajstić information content (AvgIpc) is 3.13. The van der Waals surface area contributed by atoms with Crippen LogP contribution in [0.2, 0.25) is 0 Å². The maximum atomic E-state index is 13.6. The molecule has 4 rings (SSSR count). The van der Waals surface area contributed by atoms with Crippen molar-refractivity contribution in [1.82, 2.24) is 9.71 Å². The zero-order chi connectivity index (χ0) is 21.9. The third-order valence-corrected chi connectivity index (χ3v) is 8.06. The zero-order valence-electron chi connectivity index (χ0n) is 17.9. The number of sulfonamides is 1. The van der Waals surface area contributed by atoms with E-state index in [2.05, 4.69) is 15.0 Å². The highest BCUT2D eigenvalue weighted by molar-refractivity contribution is 7.90. The second-order valence-corrected chi connectivity index (χ2v) is 11.5. The van der Waals surface area contributed by atoms with Crippen molar-refractivity contribution < 1.29 is 13.2 Å². The molecule has 3 N–H and O–H groups in total. The van der Waals surface area contributed by atoms with Crippen LogP contribution in [0, 0.1) is 13.8 Å². The van der Waals surface area contributed by atoms with Gasteiger partial charge >= 0.3 is 0 Å². The monoisotopic (exact) mass is 425 g/mol. The maximum absolute atomic E-state index is 13.6. The van der Waals surface area contributed by atoms with Crippen LogP contribution in [0.1, 0.15) is 43.2 Å². The van der Waals surface area contributed by atoms with Gasteiger partial charge in [-0.2, -0.15) is 0 Å². The Balaban J connectivity index is 1.99. The number of aryl methyl sites for hydroxylation is 2. The number of anilines is 1. The third-order valence-electron chi connectivity index (χ3n) is 5.92. The number of fused-ring (bicyclic) bond motifs is 2. The van der Waals surface area contributed by atoms with E-state index in [4.69, 9.17) is 0 Å². The number of carbonyl (C=O) groups is 1. The van der Waals surface area contributed by atoms with Crippen LogP contribution in [0.4, 0.5) is 5.69 Å². The Morgan fingerprint density at radius 1 is 1.07 bits per heavy atom. The number of amides is 1. The van der Waals surface area contributed by atoms with Crippen molar-refractivity contribution in [2.24, 2.45) is 0 Å². The largest absolute Gasteiger partial charge is 0.358 e. The second-order valence-electron chi connectivity index (χ2n) is 9.02. The molecule has 1 aliphatic rings. The van der Waals surface area contributed by atoms with Gasteiger partial charge < -0.3 is 10.3 Å². The van der Waals surface area contributed by atoms with E-state index >= 15 is 0 Å². The van der Waals surface area contributed by atoms with Gasteiger partial charge in [-0.25, -0.2) is 13.1 Å². The normalized spacial score (nSPS) is 19.2. The molecule has 2 aromatic carbocycles. The number of nitrogens with one attached hydrogen (secondary N) is 3. The van der Waals surface area contributed by atoms with Gasteiger partial charge in [0.1, 0.15) is 5.41 Å². The SMILES string of the molecule is Cc1ccc2c(c1)[C@](CNS(=O)(=O)C(C)(C)C)(c1c(C)[nH]c3ccccc13)C(=O)N2. The summed E-state index contributed by atoms with van der Waals surface area (Å²) in [5, 5.41) is 3.89. The predicted octanol–water partition coefficient (Wildman–Crippen LogP) is 3.74. The van der Waals surface area contributed by atoms with Crippen molar-refractivity contribution in [1.29, 1.82) is 0 Å². The zero-order valence-corrected chi connectivity index (χ0v) is 18.7. The van der Waals surface area contributed by atoms with Crippen LogP contribution in [0.15, 0.2) is 42.5 Å². The second kappa shape index (κ2) is 6.68. The van der Waals surface area contributed by atoms with Crippen molar-refractivity contribution in [2.75, 3.05) is 11.9 Å². The quantitative estimate of drug-likeness (QED) is 0.595. The number of rotatable bonds is 4. The fraction of sp³-hybridized carbons (Fsp3) is 0.348. The summed E-state index contributed by atoms with van der Waals surface area (Å²) in [6, 6.07) is 13.6. The van der Waals surface area contributed by atoms with E-state index in [9.17, 15) is 13.2 Å². The van der Waals surface area contributed by atoms with Gasteiger partial charge in [-0.15, -0.1) is 0 Å². The summed E-state index contributed by atoms with van der Waals surface area (Å²) in [6.07, 6.45) is 0. The number of hydrogen-bond acceptors (Lipinski definition) is 3. The van der Waals surface area contributed by atoms with Gasteiger partial charge in [-0.3, -0.25) is 4.79 Å². The lowest BCUT2D eigenvalue weighted by Gasteiger charge is -2.31. The van der Waals surface area contributed by atoms with Crippen LogP contribution >= 0.6 is 0 Å². The van der Waals surface area contributed by atoms with Gasteiger partial charge in [0.2, 0.25) is 15.9 Å². The van der Waals surface area contributed by atoms with E-state index in [0.29, 0.717) is 5.69 Å². The molecule has 1 atom stereocenters. The Kier molecular flexibility index (Phi) is 4.60. The number of aromatic nitrogens is 1. The van der Waals surface area contributed by atoms with Crippen LogP contribution in [0.5, 0.6) is 0 Å². The number of hydrogen-bond donors (Lipinski definition) is 3. The summed E-state index contributed by atoms with van der Waals surface area (Å²) in [7, 11) is -3.66. The van der Waals surface area contributed by atoms with E-state index in [1.807, 2.05) is 56.3 Å². The molecule has 158 valence electrons. The fourth-order valence-electron chi connectivity index (χ4n) is 4.23. The number of aromatic amines is 1. The lowest BCUT2D eigenvalue weighted by molar-refractivity contribution is -0.119. The summed E-state index contributed by atoms with van der Waals surface area (Å²) in [5.74, 6) is -0.229. The minimum Gasteiger partial charge on any atom is -0.358 e. The molecule has 2 heterocycles. The summed E-state index contributed by atoms with van der Waals surface area (Å²) in [6.45, 7) is 8.77. The lowest BCUT2D eigenvalue weighted by Crippen LogP contribution is -2.50. The molecule has 0 saturated heterocycles. The summed E-state index contributed by atoms with van der Waals surface area (Å²) < 4.78 is 27.6. The molecule has 7 heteroatoms. The number of H-pyrrole nitrogens is 1. The molecule has 30 heavy (non-hydrogen) atoms. The minimum absolute atomic E-state index is 0.0580. The number of benzene rings is 2. The fourth-order valence-corrected chi connectivity index (χ4v) is 5.07. The number of para-hydroxylation sites is 1. The molecule has 1 aliphatic heterocycles. The molecule has 0 unspecified atom stereocenters. The van der Waals surface area contributed by atoms with E-state index < -0.39 is 20.2 Å². The van der Waals surface area contributed by atoms with E-state index in [1.54, 1.807) is 20.8 Å². The van der Waals surface area contributed by atoms with Crippen LogP contribution in [-0.2, 0) is 20.2 Å². The first-order valence-electron chi connectivity index (χ1n) is 9.97. The lowest BCUT2D eigenvalue weighted by atomic mass is 9.74. The highest BCUT2D eigenvalue weighted by atomic mass is 32.2. The smallest absolute Gasteiger partial charge is 0.241 e. The molecule has 1 amide bonds. The van der Waals surface area contributed by atoms with Crippen LogP contribution in [0.3, 0.4) is 0 Å². The molecular formula is C23H27N3O3S. The van der Waals surface area contributed by atoms with Crippen LogP contribution in [-0.4, -0.2) is 30.6 Å². The molecule has 0 fully saturated rings. The van der Waals surface area contributed by atoms with E-state index in [0.717, 1.165) is 33.3 Å². The topological polar surface area (TPSA) is 91.1 Å². The Labute approximate surface area is 177 Å². The van der Waals surface area contributed by atoms with E-state index in [1.165, 1.54) is 0 Å². The standard InChI is InChI=1S/C23H27N3O3S/c1-14-10-11-19-17(12-14)23(21(27)26-19,13-24-30(28,29)22(3,4)5)20-15(2)25-18-9-7-6-8-16(18)20/h6-12,24-25H,13H2,1-5H3,(H,26,27)/t23-/m1/s1. The van der Waals surface area contributed by atoms with Crippen molar-refractivity contribution in [3.05, 3.63) is 64.8 Å². The van der Waals surface area contributed by atoms with Crippen molar-refractivity contribution >= 4 is 32.5 Å². The molecule has 0 aliphatic carbocycles. The van der Waals surface area contributed by atoms with Crippen LogP contribution in [0.25, 0.3) is 10.9 Å². The third kappa shape index (κ3) is 2.96. The van der Waals surface area contributed by atoms with Gasteiger partial charge in [0.05, 0.1) is 4.75 Å². The Morgan fingerprint density at radius 2 is 1.77 bits per heavy atom. The first-order valence-corrected chi connectivity index (χ1v) is 11.5. The first-order chi connectivity index (χ1) is 14.0. The molecule has 0 saturated carbocycles. The predicted molar refractivity (Wildman–Crippen MR) is 120 cm³/mol. The van der Waals surface area contributed by atoms with Gasteiger partial charge in [-0.1, -0.05) is 35.9 Å². The summed E-state index contributed by atoms with van der Waals surface area (Å²) >= 11 is 0. The first kappa shape index (κ1) is 20.6. The highest BCUT2D eigenvalue weighted by Crippen LogP contribution is 2.46. The molecular weight excluding hydrogens is 398 g/mol. The van der Waals surface area contributed by atoms with Gasteiger partial charge in [0.25, 0.3) is 0 Å². The Morgan fingerprint density at radius 3 is 2.47 bits per heavy atom. The van der Waals surface area contributed by atoms with Gasteiger partial charge in [-0.05, 0) is 52.3 Å². The molecule has 1 aromatic heterocycles. The number of carbonyl (C=O) groups excluding carboxylic acids is 1. The summed E-state index contributed by atoms with van der Waals surface area (Å²) in [5.41, 5.74) is 3.89. The minimum atomic E-state index is -3.66. The van der Waals surface area contributed by atoms with Crippen LogP contribution < -0.4 is 10.0 Å². The average molecular weight is 426 g/mol. The van der Waals surface area contributed by atoms with Gasteiger partial charge in [0, 0.05) is 34.4 Å². The Hall–Kier alpha value is -2.64. The van der Waals surface area contributed by atoms with Gasteiger partial charge in [0.15, 0.2) is 0 Å². The van der Waals surface area contributed by atoms with Crippen molar-refractivity contribution in [3.63, 3.8) is 0 Å². The summed E-state index contributed by atoms with van der Waals surface area (Å²) in [4.78, 5) is 16.9. The molecule has 3 aromatic rings. The van der Waals surface area contributed by atoms with E-state index in [-0.39, 0.29) is 12.5 Å². The maximum Gasteiger partial charge on any atom is 0.241 e. The molecule has 6 nitrogen and oxygen atoms in total. The molecule has 0 spiro atoms. The molecule has 0 radical (unpaired) electrons. The molecule has 0 bridgehead atoms. The van der Waals surface area contributed by atoms with Crippen molar-refractivity contribution in [2.45, 2.75) is 44.8 Å². The Bertz CT molecular complexity index is 1270. The van der Waals surface area contributed by atoms with Crippen molar-refractivity contribution in [3.8, 4) is 0 Å². The highest BCUT2D eigenvalue weighted by Gasteiger charge is 2.51.